The maximum atomic E-state index is 7.87. The van der Waals surface area contributed by atoms with Gasteiger partial charge in [0.25, 0.3) is 0 Å². The van der Waals surface area contributed by atoms with Crippen molar-refractivity contribution in [2.45, 2.75) is 13.3 Å². The Hall–Kier alpha value is 0.633. The van der Waals surface area contributed by atoms with Gasteiger partial charge in [0, 0.05) is 0 Å². The largest absolute Gasteiger partial charge is 0.338 e. The molecule has 0 amide bonds. The van der Waals surface area contributed by atoms with Crippen molar-refractivity contribution in [3.8, 4) is 0 Å². The summed E-state index contributed by atoms with van der Waals surface area (Å²) in [5.41, 5.74) is -3.11. The number of rotatable bonds is 2. The van der Waals surface area contributed by atoms with Gasteiger partial charge in [-0.25, -0.2) is 0 Å². The molecule has 0 saturated carbocycles. The monoisotopic (exact) mass is 313 g/mol. The molecule has 0 radical (unpaired) electrons. The molecule has 0 fully saturated rings. The fourth-order valence-corrected chi connectivity index (χ4v) is 3.37. The molecule has 0 aromatic heterocycles. The smallest absolute Gasteiger partial charge is 0.239 e. The first kappa shape index (κ1) is 15.6. The number of benzene rings is 1. The van der Waals surface area contributed by atoms with Gasteiger partial charge in [0.1, 0.15) is 0 Å². The molecule has 15 heavy (non-hydrogen) atoms. The van der Waals surface area contributed by atoms with Crippen molar-refractivity contribution in [3.63, 3.8) is 0 Å². The van der Waals surface area contributed by atoms with E-state index in [1.54, 1.807) is 4.16 Å². The Kier molecular flexibility index (Phi) is 9.12. The molecule has 0 unspecified atom stereocenters. The van der Waals surface area contributed by atoms with Gasteiger partial charge in [-0.15, -0.1) is 0 Å². The first-order valence-corrected chi connectivity index (χ1v) is 11.6. The molecule has 81 valence electrons. The normalized spacial score (nSPS) is 10.4. The molecule has 0 aliphatic heterocycles. The van der Waals surface area contributed by atoms with E-state index in [9.17, 15) is 0 Å². The second-order valence-electron chi connectivity index (χ2n) is 2.90. The average Bonchev–Trinajstić information content (AvgIpc) is 2.14. The minimum atomic E-state index is -3.11. The van der Waals surface area contributed by atoms with E-state index in [0.29, 0.717) is 0 Å². The Labute approximate surface area is 108 Å². The van der Waals surface area contributed by atoms with Gasteiger partial charge in [0.15, 0.2) is 0 Å². The van der Waals surface area contributed by atoms with Gasteiger partial charge in [-0.2, -0.15) is 0 Å². The first-order valence-electron chi connectivity index (χ1n) is 4.57. The maximum Gasteiger partial charge on any atom is 0.239 e. The Morgan fingerprint density at radius 2 is 1.87 bits per heavy atom. The van der Waals surface area contributed by atoms with Crippen LogP contribution in [-0.2, 0) is 28.5 Å². The molecule has 0 bridgehead atoms. The van der Waals surface area contributed by atoms with Crippen LogP contribution in [0.1, 0.15) is 13.3 Å². The van der Waals surface area contributed by atoms with Gasteiger partial charge < -0.3 is 9.79 Å². The van der Waals surface area contributed by atoms with Crippen LogP contribution >= 0.6 is 17.9 Å². The molecular formula is C9H14O2PS2Zn. The van der Waals surface area contributed by atoms with Crippen molar-refractivity contribution in [3.05, 3.63) is 30.3 Å². The van der Waals surface area contributed by atoms with Gasteiger partial charge in [-0.05, 0) is 11.8 Å². The summed E-state index contributed by atoms with van der Waals surface area (Å²) in [4.78, 5) is 15.7. The first-order chi connectivity index (χ1) is 6.93. The fourth-order valence-electron chi connectivity index (χ4n) is 0.925. The fraction of sp³-hybridized carbons (Fsp3) is 0.222. The van der Waals surface area contributed by atoms with Gasteiger partial charge in [0.05, 0.1) is 0 Å². The summed E-state index contributed by atoms with van der Waals surface area (Å²) in [6, 6.07) is 10.8. The van der Waals surface area contributed by atoms with Gasteiger partial charge >= 0.3 is 69.1 Å². The average molecular weight is 315 g/mol. The Morgan fingerprint density at radius 3 is 2.27 bits per heavy atom. The quantitative estimate of drug-likeness (QED) is 0.442. The van der Waals surface area contributed by atoms with E-state index in [0.717, 1.165) is 0 Å². The van der Waals surface area contributed by atoms with E-state index in [2.05, 4.69) is 65.9 Å². The zero-order valence-electron chi connectivity index (χ0n) is 8.58. The number of hydrogen-bond acceptors (Lipinski definition) is 1. The van der Waals surface area contributed by atoms with Crippen LogP contribution in [0.15, 0.2) is 30.3 Å². The topological polar surface area (TPSA) is 40.5 Å². The molecular weight excluding hydrogens is 301 g/mol. The molecule has 0 spiro atoms. The standard InChI is InChI=1S/C6H5.C3H6.H3O2PS2.Zn/c1-2-4-6-5-3-1;1-3-2;1-3(2,4)5;/h1-5H;1H,3H2,2H3;(H3,1,2,4,5);. The van der Waals surface area contributed by atoms with Crippen molar-refractivity contribution in [1.29, 1.82) is 0 Å². The van der Waals surface area contributed by atoms with Gasteiger partial charge in [-0.3, -0.25) is 0 Å². The summed E-state index contributed by atoms with van der Waals surface area (Å²) in [6.07, 6.45) is 1.24. The molecule has 0 atom stereocenters. The van der Waals surface area contributed by atoms with Crippen LogP contribution in [0.5, 0.6) is 0 Å². The molecule has 0 heterocycles. The third kappa shape index (κ3) is 14.6. The molecule has 1 aromatic carbocycles. The van der Waals surface area contributed by atoms with E-state index in [4.69, 9.17) is 9.79 Å². The summed E-state index contributed by atoms with van der Waals surface area (Å²) in [6.45, 7) is 2.22. The Morgan fingerprint density at radius 1 is 1.40 bits per heavy atom. The van der Waals surface area contributed by atoms with E-state index < -0.39 is 22.4 Å². The summed E-state index contributed by atoms with van der Waals surface area (Å²) in [5, 5.41) is 0. The van der Waals surface area contributed by atoms with E-state index >= 15 is 0 Å². The minimum absolute atomic E-state index is 0.437. The second-order valence-corrected chi connectivity index (χ2v) is 11.7. The Balaban J connectivity index is 0.000000336. The molecule has 0 saturated heterocycles. The predicted molar refractivity (Wildman–Crippen MR) is 70.1 cm³/mol. The Bertz CT molecular complexity index is 329. The van der Waals surface area contributed by atoms with Crippen LogP contribution in [0.2, 0.25) is 0 Å². The SMILES string of the molecule is CC[CH]=[Zn][c]1ccccc1.OP(O)(=S)S. The molecule has 0 aliphatic rings. The molecule has 6 heteroatoms. The summed E-state index contributed by atoms with van der Waals surface area (Å²) < 4.78 is 4.07. The van der Waals surface area contributed by atoms with E-state index in [1.165, 1.54) is 6.42 Å². The van der Waals surface area contributed by atoms with Crippen molar-refractivity contribution < 1.29 is 26.5 Å². The summed E-state index contributed by atoms with van der Waals surface area (Å²) in [7, 11) is 0. The zero-order valence-corrected chi connectivity index (χ0v) is 14.1. The second kappa shape index (κ2) is 8.75. The molecule has 1 rings (SSSR count). The van der Waals surface area contributed by atoms with Crippen LogP contribution in [-0.4, -0.2) is 14.4 Å². The summed E-state index contributed by atoms with van der Waals surface area (Å²) >= 11 is 6.64. The molecule has 0 aliphatic carbocycles. The maximum absolute atomic E-state index is 7.87. The third-order valence-corrected chi connectivity index (χ3v) is 5.31. The van der Waals surface area contributed by atoms with Crippen LogP contribution in [0.4, 0.5) is 0 Å². The van der Waals surface area contributed by atoms with Gasteiger partial charge in [-0.1, -0.05) is 12.2 Å². The minimum Gasteiger partial charge on any atom is -0.338 e. The van der Waals surface area contributed by atoms with Crippen LogP contribution < -0.4 is 4.16 Å². The predicted octanol–water partition coefficient (Wildman–Crippen LogP) is 1.73. The van der Waals surface area contributed by atoms with Gasteiger partial charge in [0.2, 0.25) is 5.69 Å². The van der Waals surface area contributed by atoms with E-state index in [1.807, 2.05) is 0 Å². The molecule has 2 N–H and O–H groups in total. The van der Waals surface area contributed by atoms with Crippen LogP contribution in [0.25, 0.3) is 0 Å². The molecule has 1 aromatic rings. The van der Waals surface area contributed by atoms with Crippen molar-refractivity contribution >= 4 is 38.5 Å². The number of hydrogen-bond donors (Lipinski definition) is 3. The van der Waals surface area contributed by atoms with Crippen molar-refractivity contribution in [2.24, 2.45) is 0 Å². The van der Waals surface area contributed by atoms with Crippen LogP contribution in [0.3, 0.4) is 0 Å². The van der Waals surface area contributed by atoms with E-state index in [-0.39, 0.29) is 0 Å². The van der Waals surface area contributed by atoms with Crippen LogP contribution in [0, 0.1) is 0 Å². The van der Waals surface area contributed by atoms with Crippen molar-refractivity contribution in [2.75, 3.05) is 0 Å². The summed E-state index contributed by atoms with van der Waals surface area (Å²) in [5.74, 6) is 0. The number of thiol groups is 1. The molecule has 2 nitrogen and oxygen atoms in total. The third-order valence-electron chi connectivity index (χ3n) is 1.51. The van der Waals surface area contributed by atoms with Crippen molar-refractivity contribution in [1.82, 2.24) is 0 Å². The zero-order chi connectivity index (χ0) is 11.7.